The number of hydrogen-bond donors (Lipinski definition) is 1. The molecule has 1 aromatic carbocycles. The van der Waals surface area contributed by atoms with E-state index in [4.69, 9.17) is 21.1 Å². The van der Waals surface area contributed by atoms with Crippen LogP contribution in [0.3, 0.4) is 0 Å². The van der Waals surface area contributed by atoms with Crippen LogP contribution in [0.1, 0.15) is 24.2 Å². The molecule has 0 saturated carbocycles. The predicted octanol–water partition coefficient (Wildman–Crippen LogP) is 4.11. The number of nitrogens with zero attached hydrogens (tertiary/aromatic N) is 2. The molecule has 2 heterocycles. The van der Waals surface area contributed by atoms with Gasteiger partial charge in [-0.25, -0.2) is 4.98 Å². The Bertz CT molecular complexity index is 816. The largest absolute Gasteiger partial charge is 0.496 e. The first kappa shape index (κ1) is 18.7. The quantitative estimate of drug-likeness (QED) is 0.771. The summed E-state index contributed by atoms with van der Waals surface area (Å²) in [6.45, 7) is 4.95. The molecule has 26 heavy (non-hydrogen) atoms. The normalized spacial score (nSPS) is 13.9. The molecule has 0 bridgehead atoms. The van der Waals surface area contributed by atoms with Gasteiger partial charge in [-0.3, -0.25) is 4.79 Å². The fourth-order valence-electron chi connectivity index (χ4n) is 2.61. The first-order valence-corrected chi connectivity index (χ1v) is 9.39. The maximum Gasteiger partial charge on any atom is 0.259 e. The highest BCUT2D eigenvalue weighted by atomic mass is 35.5. The molecule has 1 amide bonds. The lowest BCUT2D eigenvalue weighted by atomic mass is 10.2. The number of methoxy groups -OCH3 is 1. The zero-order chi connectivity index (χ0) is 18.7. The summed E-state index contributed by atoms with van der Waals surface area (Å²) in [5, 5.41) is 0.617. The number of aromatic nitrogens is 1. The van der Waals surface area contributed by atoms with Gasteiger partial charge in [0.1, 0.15) is 17.9 Å². The molecule has 6 nitrogen and oxygen atoms in total. The zero-order valence-electron chi connectivity index (χ0n) is 14.8. The summed E-state index contributed by atoms with van der Waals surface area (Å²) in [5.74, 6) is 1.00. The highest BCUT2D eigenvalue weighted by molar-refractivity contribution is 8.00. The van der Waals surface area contributed by atoms with Gasteiger partial charge < -0.3 is 19.1 Å². The molecule has 1 N–H and O–H groups in total. The number of nitrogens with one attached hydrogen (secondary N) is 1. The minimum atomic E-state index is -0.0750. The number of fused-ring (bicyclic) bond motifs is 1. The van der Waals surface area contributed by atoms with Crippen LogP contribution in [0, 0.1) is 0 Å². The van der Waals surface area contributed by atoms with Crippen molar-refractivity contribution < 1.29 is 14.3 Å². The Morgan fingerprint density at radius 3 is 2.92 bits per heavy atom. The topological polar surface area (TPSA) is 63.7 Å². The second-order valence-corrected chi connectivity index (χ2v) is 7.30. The van der Waals surface area contributed by atoms with Crippen molar-refractivity contribution >= 4 is 35.1 Å². The number of hydrogen-bond acceptors (Lipinski definition) is 6. The molecule has 138 valence electrons. The number of anilines is 1. The third-order valence-corrected chi connectivity index (χ3v) is 5.05. The third-order valence-electron chi connectivity index (χ3n) is 3.94. The molecule has 0 unspecified atom stereocenters. The van der Waals surface area contributed by atoms with E-state index in [0.29, 0.717) is 41.1 Å². The number of carbonyl (C=O) groups is 1. The summed E-state index contributed by atoms with van der Waals surface area (Å²) in [5.41, 5.74) is 1.15. The van der Waals surface area contributed by atoms with Crippen LogP contribution in [0.25, 0.3) is 0 Å². The van der Waals surface area contributed by atoms with Crippen LogP contribution in [-0.4, -0.2) is 42.1 Å². The Morgan fingerprint density at radius 2 is 2.19 bits per heavy atom. The lowest BCUT2D eigenvalue weighted by Crippen LogP contribution is -2.38. The number of rotatable bonds is 5. The van der Waals surface area contributed by atoms with Crippen molar-refractivity contribution in [1.82, 2.24) is 9.88 Å². The molecule has 3 rings (SSSR count). The third kappa shape index (κ3) is 3.99. The van der Waals surface area contributed by atoms with Crippen LogP contribution in [0.5, 0.6) is 11.6 Å². The molecule has 1 aliphatic rings. The number of pyridine rings is 1. The average molecular weight is 394 g/mol. The SMILES string of the molecule is COc1ccc(Cl)cc1SNc1cnc2c(c1)C(=O)N(C(C)C)CCO2. The van der Waals surface area contributed by atoms with Gasteiger partial charge in [0.2, 0.25) is 5.88 Å². The van der Waals surface area contributed by atoms with Gasteiger partial charge in [-0.15, -0.1) is 0 Å². The van der Waals surface area contributed by atoms with Gasteiger partial charge in [0.15, 0.2) is 0 Å². The fourth-order valence-corrected chi connectivity index (χ4v) is 3.62. The van der Waals surface area contributed by atoms with Gasteiger partial charge in [-0.05, 0) is 50.1 Å². The maximum atomic E-state index is 12.8. The second-order valence-electron chi connectivity index (χ2n) is 6.02. The molecule has 0 saturated heterocycles. The Kier molecular flexibility index (Phi) is 5.78. The highest BCUT2D eigenvalue weighted by Crippen LogP contribution is 2.33. The van der Waals surface area contributed by atoms with Gasteiger partial charge >= 0.3 is 0 Å². The summed E-state index contributed by atoms with van der Waals surface area (Å²) in [7, 11) is 1.60. The van der Waals surface area contributed by atoms with Crippen LogP contribution >= 0.6 is 23.5 Å². The van der Waals surface area contributed by atoms with E-state index >= 15 is 0 Å². The molecule has 0 aliphatic carbocycles. The van der Waals surface area contributed by atoms with E-state index in [1.807, 2.05) is 19.9 Å². The predicted molar refractivity (Wildman–Crippen MR) is 103 cm³/mol. The Hall–Kier alpha value is -2.12. The van der Waals surface area contributed by atoms with Crippen LogP contribution in [0.4, 0.5) is 5.69 Å². The Labute approximate surface area is 162 Å². The van der Waals surface area contributed by atoms with E-state index in [-0.39, 0.29) is 11.9 Å². The lowest BCUT2D eigenvalue weighted by molar-refractivity contribution is 0.0704. The monoisotopic (exact) mass is 393 g/mol. The number of halogens is 1. The van der Waals surface area contributed by atoms with Gasteiger partial charge in [-0.1, -0.05) is 11.6 Å². The molecule has 1 aliphatic heterocycles. The fraction of sp³-hybridized carbons (Fsp3) is 0.333. The molecule has 8 heteroatoms. The first-order chi connectivity index (χ1) is 12.5. The molecular formula is C18H20ClN3O3S. The van der Waals surface area contributed by atoms with Crippen LogP contribution in [-0.2, 0) is 0 Å². The van der Waals surface area contributed by atoms with Crippen LogP contribution in [0.2, 0.25) is 5.02 Å². The molecule has 0 atom stereocenters. The second kappa shape index (κ2) is 8.05. The van der Waals surface area contributed by atoms with E-state index < -0.39 is 0 Å². The summed E-state index contributed by atoms with van der Waals surface area (Å²) in [6.07, 6.45) is 1.64. The smallest absolute Gasteiger partial charge is 0.259 e. The van der Waals surface area contributed by atoms with Crippen molar-refractivity contribution in [3.63, 3.8) is 0 Å². The molecule has 1 aromatic heterocycles. The Balaban J connectivity index is 1.82. The van der Waals surface area contributed by atoms with Crippen molar-refractivity contribution in [2.45, 2.75) is 24.8 Å². The van der Waals surface area contributed by atoms with Gasteiger partial charge in [0.05, 0.1) is 30.4 Å². The van der Waals surface area contributed by atoms with Crippen molar-refractivity contribution in [1.29, 1.82) is 0 Å². The van der Waals surface area contributed by atoms with Crippen molar-refractivity contribution in [2.24, 2.45) is 0 Å². The summed E-state index contributed by atoms with van der Waals surface area (Å²) >= 11 is 7.40. The number of ether oxygens (including phenoxy) is 2. The van der Waals surface area contributed by atoms with Gasteiger partial charge in [0.25, 0.3) is 5.91 Å². The standard InChI is InChI=1S/C18H20ClN3O3S/c1-11(2)22-6-7-25-17-14(18(22)23)9-13(10-20-17)21-26-16-8-12(19)4-5-15(16)24-3/h4-5,8-11,21H,6-7H2,1-3H3. The molecular weight excluding hydrogens is 374 g/mol. The Morgan fingerprint density at radius 1 is 1.38 bits per heavy atom. The highest BCUT2D eigenvalue weighted by Gasteiger charge is 2.26. The van der Waals surface area contributed by atoms with E-state index in [2.05, 4.69) is 9.71 Å². The van der Waals surface area contributed by atoms with Crippen molar-refractivity contribution in [3.8, 4) is 11.6 Å². The molecule has 0 fully saturated rings. The number of carbonyl (C=O) groups excluding carboxylic acids is 1. The average Bonchev–Trinajstić information content (AvgIpc) is 2.79. The van der Waals surface area contributed by atoms with E-state index in [1.54, 1.807) is 36.4 Å². The summed E-state index contributed by atoms with van der Waals surface area (Å²) in [4.78, 5) is 19.7. The van der Waals surface area contributed by atoms with E-state index in [9.17, 15) is 4.79 Å². The lowest BCUT2D eigenvalue weighted by Gasteiger charge is -2.24. The number of amides is 1. The first-order valence-electron chi connectivity index (χ1n) is 8.20. The molecule has 0 radical (unpaired) electrons. The molecule has 2 aromatic rings. The molecule has 0 spiro atoms. The zero-order valence-corrected chi connectivity index (χ0v) is 16.4. The van der Waals surface area contributed by atoms with E-state index in [0.717, 1.165) is 4.90 Å². The summed E-state index contributed by atoms with van der Waals surface area (Å²) in [6, 6.07) is 7.24. The minimum absolute atomic E-state index is 0.0750. The summed E-state index contributed by atoms with van der Waals surface area (Å²) < 4.78 is 14.1. The van der Waals surface area contributed by atoms with Crippen LogP contribution in [0.15, 0.2) is 35.4 Å². The number of benzene rings is 1. The van der Waals surface area contributed by atoms with Crippen molar-refractivity contribution in [2.75, 3.05) is 25.0 Å². The van der Waals surface area contributed by atoms with Crippen molar-refractivity contribution in [3.05, 3.63) is 41.0 Å². The van der Waals surface area contributed by atoms with Gasteiger partial charge in [-0.2, -0.15) is 0 Å². The minimum Gasteiger partial charge on any atom is -0.496 e. The van der Waals surface area contributed by atoms with Crippen LogP contribution < -0.4 is 14.2 Å². The van der Waals surface area contributed by atoms with Gasteiger partial charge in [0, 0.05) is 11.1 Å². The van der Waals surface area contributed by atoms with E-state index in [1.165, 1.54) is 11.9 Å². The maximum absolute atomic E-state index is 12.8.